The van der Waals surface area contributed by atoms with Crippen LogP contribution in [0.15, 0.2) is 47.1 Å². The summed E-state index contributed by atoms with van der Waals surface area (Å²) in [6.45, 7) is 18.0. The van der Waals surface area contributed by atoms with E-state index >= 15 is 0 Å². The molecule has 0 spiro atoms. The average molecular weight is 1070 g/mol. The van der Waals surface area contributed by atoms with Crippen molar-refractivity contribution in [1.29, 1.82) is 0 Å². The Hall–Kier alpha value is -3.67. The van der Waals surface area contributed by atoms with Crippen LogP contribution in [0.25, 0.3) is 0 Å². The number of allylic oxidation sites excluding steroid dienone is 4. The first-order valence-corrected chi connectivity index (χ1v) is 25.4. The number of rotatable bonds is 13. The molecule has 3 saturated heterocycles. The van der Waals surface area contributed by atoms with Gasteiger partial charge in [0.2, 0.25) is 0 Å². The van der Waals surface area contributed by atoms with Crippen LogP contribution in [0.4, 0.5) is 0 Å². The van der Waals surface area contributed by atoms with Crippen LogP contribution in [0.3, 0.4) is 0 Å². The van der Waals surface area contributed by atoms with Crippen LogP contribution in [-0.2, 0) is 58.6 Å². The molecule has 7 N–H and O–H groups in total. The molecule has 0 amide bonds. The first-order valence-electron chi connectivity index (χ1n) is 24.6. The summed E-state index contributed by atoms with van der Waals surface area (Å²) in [6.07, 6.45) is -8.20. The van der Waals surface area contributed by atoms with Crippen LogP contribution in [0.5, 0.6) is 11.5 Å². The summed E-state index contributed by atoms with van der Waals surface area (Å²) >= 11 is 12.3. The first kappa shape index (κ1) is 60.2. The van der Waals surface area contributed by atoms with Gasteiger partial charge in [0.05, 0.1) is 53.6 Å². The maximum atomic E-state index is 14.0. The maximum Gasteiger partial charge on any atom is 0.342 e. The number of cyclic esters (lactones) is 1. The monoisotopic (exact) mass is 1070 g/mol. The number of phenols is 2. The third-order valence-electron chi connectivity index (χ3n) is 13.9. The predicted octanol–water partition coefficient (Wildman–Crippen LogP) is 5.45. The Bertz CT molecular complexity index is 2260. The topological polar surface area (TPSA) is 279 Å². The predicted molar refractivity (Wildman–Crippen MR) is 265 cm³/mol. The van der Waals surface area contributed by atoms with Gasteiger partial charge in [0.1, 0.15) is 52.3 Å². The number of phenolic OH excluding ortho intramolecular Hbond substituents is 2. The van der Waals surface area contributed by atoms with Crippen LogP contribution >= 0.6 is 23.2 Å². The van der Waals surface area contributed by atoms with E-state index < -0.39 is 155 Å². The highest BCUT2D eigenvalue weighted by atomic mass is 35.5. The van der Waals surface area contributed by atoms with Gasteiger partial charge in [-0.3, -0.25) is 4.79 Å². The van der Waals surface area contributed by atoms with E-state index in [9.17, 15) is 50.1 Å². The number of carbonyl (C=O) groups is 3. The van der Waals surface area contributed by atoms with E-state index in [0.29, 0.717) is 17.6 Å². The second kappa shape index (κ2) is 25.0. The van der Waals surface area contributed by atoms with E-state index in [2.05, 4.69) is 0 Å². The molecule has 410 valence electrons. The van der Waals surface area contributed by atoms with Crippen molar-refractivity contribution in [2.75, 3.05) is 13.7 Å². The normalized spacial score (nSPS) is 37.4. The Morgan fingerprint density at radius 2 is 1.58 bits per heavy atom. The van der Waals surface area contributed by atoms with Gasteiger partial charge in [-0.15, -0.1) is 0 Å². The van der Waals surface area contributed by atoms with Gasteiger partial charge in [-0.1, -0.05) is 80.8 Å². The number of fused-ring (bicyclic) bond motifs is 1. The lowest BCUT2D eigenvalue weighted by atomic mass is 9.82. The van der Waals surface area contributed by atoms with Crippen molar-refractivity contribution in [2.45, 2.75) is 199 Å². The summed E-state index contributed by atoms with van der Waals surface area (Å²) in [5.74, 6) is -4.84. The van der Waals surface area contributed by atoms with E-state index in [0.717, 1.165) is 0 Å². The number of ether oxygens (including phenoxy) is 9. The highest BCUT2D eigenvalue weighted by Gasteiger charge is 2.62. The Morgan fingerprint density at radius 3 is 2.18 bits per heavy atom. The van der Waals surface area contributed by atoms with Crippen LogP contribution in [0.1, 0.15) is 111 Å². The van der Waals surface area contributed by atoms with Gasteiger partial charge in [-0.05, 0) is 84.9 Å². The quantitative estimate of drug-likeness (QED) is 0.0735. The Balaban J connectivity index is 1.38. The standard InChI is InChI=1S/C52H74Cl2O19/c1-13-29-33(36(57)35(54)37(58)34(29)53)48(64)69-42-27(8)67-50(43(65-12)40(42)61)66-22-28-17-15-16-18-32(56)52(11)44(72-52)30(14-2)41(25(6)21-24(5)19-20-31(26(7)55)68-47(28)63)70-49-39(60)38(59)45(51(9,10)73-49)71-46(62)23(3)4/h15-17,19,21,23,26-27,30-32,38-45,49-50,55-61H,13-14,18,20,22H2,1-12H3/b16-15+,24-19+,25-21+,28-17+/t26-,27-,30-,31+,32+,38-,39+,40+,41+,42-,43+,44?,45+,49-,50-,52?/m1/s1. The second-order valence-corrected chi connectivity index (χ2v) is 20.9. The lowest BCUT2D eigenvalue weighted by molar-refractivity contribution is -0.334. The highest BCUT2D eigenvalue weighted by Crippen LogP contribution is 2.49. The lowest BCUT2D eigenvalue weighted by Crippen LogP contribution is -2.64. The average Bonchev–Trinajstić information content (AvgIpc) is 4.02. The molecule has 0 saturated carbocycles. The molecule has 0 aliphatic carbocycles. The van der Waals surface area contributed by atoms with E-state index in [1.54, 1.807) is 60.6 Å². The van der Waals surface area contributed by atoms with Gasteiger partial charge in [0, 0.05) is 19.4 Å². The van der Waals surface area contributed by atoms with E-state index in [-0.39, 0.29) is 35.4 Å². The second-order valence-electron chi connectivity index (χ2n) is 20.2. The summed E-state index contributed by atoms with van der Waals surface area (Å²) in [6, 6.07) is 0. The molecule has 0 bridgehead atoms. The third kappa shape index (κ3) is 13.5. The van der Waals surface area contributed by atoms with Crippen molar-refractivity contribution in [3.8, 4) is 11.5 Å². The van der Waals surface area contributed by atoms with E-state index in [1.165, 1.54) is 33.1 Å². The first-order chi connectivity index (χ1) is 34.1. The van der Waals surface area contributed by atoms with Crippen LogP contribution < -0.4 is 0 Å². The number of epoxide rings is 1. The molecular formula is C52H74Cl2O19. The molecule has 4 aliphatic heterocycles. The van der Waals surface area contributed by atoms with Gasteiger partial charge < -0.3 is 78.4 Å². The van der Waals surface area contributed by atoms with Gasteiger partial charge in [0.25, 0.3) is 0 Å². The highest BCUT2D eigenvalue weighted by molar-refractivity contribution is 6.39. The van der Waals surface area contributed by atoms with Crippen molar-refractivity contribution < 1.29 is 92.8 Å². The van der Waals surface area contributed by atoms with Gasteiger partial charge >= 0.3 is 17.9 Å². The molecule has 1 aromatic carbocycles. The zero-order valence-corrected chi connectivity index (χ0v) is 45.0. The molecule has 16 atom stereocenters. The number of halogens is 2. The van der Waals surface area contributed by atoms with Crippen molar-refractivity contribution in [3.63, 3.8) is 0 Å². The number of hydrogen-bond acceptors (Lipinski definition) is 19. The van der Waals surface area contributed by atoms with Crippen LogP contribution in [-0.4, -0.2) is 164 Å². The number of carbonyl (C=O) groups excluding carboxylic acids is 3. The Kier molecular flexibility index (Phi) is 20.6. The maximum absolute atomic E-state index is 14.0. The molecule has 1 aromatic rings. The molecular weight excluding hydrogens is 999 g/mol. The lowest BCUT2D eigenvalue weighted by Gasteiger charge is -2.48. The van der Waals surface area contributed by atoms with Crippen LogP contribution in [0.2, 0.25) is 10.0 Å². The van der Waals surface area contributed by atoms with Crippen molar-refractivity contribution in [2.24, 2.45) is 11.8 Å². The fraction of sp³-hybridized carbons (Fsp3) is 0.673. The molecule has 4 aliphatic rings. The minimum atomic E-state index is -1.62. The largest absolute Gasteiger partial charge is 0.505 e. The van der Waals surface area contributed by atoms with Gasteiger partial charge in [0.15, 0.2) is 36.3 Å². The van der Waals surface area contributed by atoms with Gasteiger partial charge in [-0.25, -0.2) is 9.59 Å². The SMILES string of the molecule is CCc1c(Cl)c(O)c(Cl)c(O)c1C(=O)O[C@H]1[C@H](O)[C@H](OC)[C@H](OC/C2=C\C=C\C[C@H](O)C3(C)OC3[C@H](CC)[C@@H](O[C@@H]3OC(C)(C)[C@@H](OC(=O)C(C)C)[C@H](O)[C@@H]3O)/C(C)=C/C(C)=C/C[C@@H]([C@@H](C)O)OC2=O)O[C@@H]1C. The van der Waals surface area contributed by atoms with Gasteiger partial charge in [-0.2, -0.15) is 0 Å². The van der Waals surface area contributed by atoms with Crippen LogP contribution in [0, 0.1) is 11.8 Å². The zero-order valence-electron chi connectivity index (χ0n) is 43.4. The molecule has 3 fully saturated rings. The molecule has 73 heavy (non-hydrogen) atoms. The molecule has 4 heterocycles. The Labute approximate surface area is 436 Å². The minimum absolute atomic E-state index is 0.0469. The smallest absolute Gasteiger partial charge is 0.342 e. The summed E-state index contributed by atoms with van der Waals surface area (Å²) in [4.78, 5) is 40.1. The molecule has 21 heteroatoms. The number of hydrogen-bond donors (Lipinski definition) is 7. The molecule has 5 rings (SSSR count). The fourth-order valence-corrected chi connectivity index (χ4v) is 9.95. The number of aliphatic hydroxyl groups is 5. The zero-order chi connectivity index (χ0) is 54.6. The fourth-order valence-electron chi connectivity index (χ4n) is 9.39. The summed E-state index contributed by atoms with van der Waals surface area (Å²) in [7, 11) is 1.26. The molecule has 19 nitrogen and oxygen atoms in total. The number of methoxy groups -OCH3 is 1. The number of benzene rings is 1. The summed E-state index contributed by atoms with van der Waals surface area (Å²) in [5.41, 5.74) is -1.39. The van der Waals surface area contributed by atoms with Crippen molar-refractivity contribution in [1.82, 2.24) is 0 Å². The Morgan fingerprint density at radius 1 is 0.904 bits per heavy atom. The summed E-state index contributed by atoms with van der Waals surface area (Å²) < 4.78 is 53.9. The van der Waals surface area contributed by atoms with E-state index in [4.69, 9.17) is 65.8 Å². The van der Waals surface area contributed by atoms with E-state index in [1.807, 2.05) is 19.9 Å². The molecule has 0 aromatic heterocycles. The minimum Gasteiger partial charge on any atom is -0.505 e. The third-order valence-corrected chi connectivity index (χ3v) is 14.7. The van der Waals surface area contributed by atoms with Crippen molar-refractivity contribution in [3.05, 3.63) is 68.3 Å². The number of aliphatic hydroxyl groups excluding tert-OH is 5. The summed E-state index contributed by atoms with van der Waals surface area (Å²) in [5, 5.41) is 76.9. The molecule has 0 radical (unpaired) electrons. The molecule has 2 unspecified atom stereocenters. The number of esters is 3. The van der Waals surface area contributed by atoms with Crippen molar-refractivity contribution >= 4 is 41.1 Å². The number of aromatic hydroxyl groups is 2.